The van der Waals surface area contributed by atoms with Gasteiger partial charge in [0.05, 0.1) is 7.11 Å². The highest BCUT2D eigenvalue weighted by atomic mass is 16.5. The van der Waals surface area contributed by atoms with Crippen molar-refractivity contribution in [1.82, 2.24) is 4.90 Å². The number of ether oxygens (including phenoxy) is 1. The van der Waals surface area contributed by atoms with E-state index in [1.807, 2.05) is 6.07 Å². The lowest BCUT2D eigenvalue weighted by atomic mass is 10.0. The Bertz CT molecular complexity index is 737. The molecule has 0 unspecified atom stereocenters. The van der Waals surface area contributed by atoms with E-state index < -0.39 is 11.9 Å². The molecular weight excluding hydrogens is 322 g/mol. The Morgan fingerprint density at radius 2 is 1.56 bits per heavy atom. The SMILES string of the molecule is COc1cccc2c(CCN(C)C)cccc12.O=C(O)/C=C/C(=O)O. The number of likely N-dealkylation sites (N-methyl/N-ethyl adjacent to an activating group) is 1. The topological polar surface area (TPSA) is 87.1 Å². The highest BCUT2D eigenvalue weighted by Crippen LogP contribution is 2.27. The number of benzene rings is 2. The fraction of sp³-hybridized carbons (Fsp3) is 0.263. The van der Waals surface area contributed by atoms with Gasteiger partial charge in [-0.3, -0.25) is 0 Å². The van der Waals surface area contributed by atoms with E-state index in [2.05, 4.69) is 49.3 Å². The Balaban J connectivity index is 0.000000333. The van der Waals surface area contributed by atoms with E-state index in [-0.39, 0.29) is 0 Å². The summed E-state index contributed by atoms with van der Waals surface area (Å²) in [5, 5.41) is 18.1. The molecule has 0 saturated heterocycles. The minimum absolute atomic E-state index is 0.558. The van der Waals surface area contributed by atoms with E-state index >= 15 is 0 Å². The Labute approximate surface area is 146 Å². The zero-order valence-electron chi connectivity index (χ0n) is 14.6. The van der Waals surface area contributed by atoms with Crippen LogP contribution in [0.1, 0.15) is 5.56 Å². The van der Waals surface area contributed by atoms with Crippen LogP contribution in [-0.4, -0.2) is 54.8 Å². The Morgan fingerprint density at radius 1 is 1.00 bits per heavy atom. The lowest BCUT2D eigenvalue weighted by molar-refractivity contribution is -0.134. The molecule has 0 heterocycles. The summed E-state index contributed by atoms with van der Waals surface area (Å²) in [6.07, 6.45) is 2.18. The summed E-state index contributed by atoms with van der Waals surface area (Å²) in [6, 6.07) is 12.7. The van der Waals surface area contributed by atoms with Crippen LogP contribution in [0.5, 0.6) is 5.75 Å². The summed E-state index contributed by atoms with van der Waals surface area (Å²) in [5.41, 5.74) is 1.38. The molecule has 0 aromatic heterocycles. The lowest BCUT2D eigenvalue weighted by Crippen LogP contribution is -2.15. The second-order valence-electron chi connectivity index (χ2n) is 5.54. The minimum Gasteiger partial charge on any atom is -0.496 e. The number of carboxylic acids is 2. The Hall–Kier alpha value is -2.86. The summed E-state index contributed by atoms with van der Waals surface area (Å²) < 4.78 is 5.40. The molecule has 0 fully saturated rings. The molecule has 0 radical (unpaired) electrons. The highest BCUT2D eigenvalue weighted by Gasteiger charge is 2.05. The van der Waals surface area contributed by atoms with E-state index in [0.717, 1.165) is 18.7 Å². The lowest BCUT2D eigenvalue weighted by Gasteiger charge is -2.12. The number of carbonyl (C=O) groups is 2. The fourth-order valence-electron chi connectivity index (χ4n) is 2.23. The van der Waals surface area contributed by atoms with Crippen LogP contribution in [0.3, 0.4) is 0 Å². The standard InChI is InChI=1S/C15H19NO.C4H4O4/c1-16(2)11-10-12-6-4-8-14-13(12)7-5-9-15(14)17-3;5-3(6)1-2-4(7)8/h4-9H,10-11H2,1-3H3;1-2H,(H,5,6)(H,7,8)/b;2-1+. The third-order valence-corrected chi connectivity index (χ3v) is 3.39. The third-order valence-electron chi connectivity index (χ3n) is 3.39. The first kappa shape index (κ1) is 20.2. The van der Waals surface area contributed by atoms with Crippen molar-refractivity contribution >= 4 is 22.7 Å². The maximum Gasteiger partial charge on any atom is 0.328 e. The van der Waals surface area contributed by atoms with Gasteiger partial charge in [0.2, 0.25) is 0 Å². The van der Waals surface area contributed by atoms with Crippen molar-refractivity contribution in [3.8, 4) is 5.75 Å². The molecular formula is C19H23NO5. The van der Waals surface area contributed by atoms with Crippen LogP contribution in [0, 0.1) is 0 Å². The number of hydrogen-bond donors (Lipinski definition) is 2. The molecule has 0 aliphatic rings. The fourth-order valence-corrected chi connectivity index (χ4v) is 2.23. The van der Waals surface area contributed by atoms with Crippen LogP contribution >= 0.6 is 0 Å². The summed E-state index contributed by atoms with van der Waals surface area (Å²) in [5.74, 6) is -1.56. The average molecular weight is 345 g/mol. The maximum absolute atomic E-state index is 9.55. The second kappa shape index (κ2) is 10.1. The first-order valence-corrected chi connectivity index (χ1v) is 7.68. The van der Waals surface area contributed by atoms with E-state index in [4.69, 9.17) is 14.9 Å². The van der Waals surface area contributed by atoms with E-state index in [1.54, 1.807) is 7.11 Å². The first-order valence-electron chi connectivity index (χ1n) is 7.68. The number of carboxylic acid groups (broad SMARTS) is 2. The van der Waals surface area contributed by atoms with Gasteiger partial charge in [-0.1, -0.05) is 30.3 Å². The van der Waals surface area contributed by atoms with Gasteiger partial charge in [-0.05, 0) is 37.5 Å². The Morgan fingerprint density at radius 3 is 2.08 bits per heavy atom. The van der Waals surface area contributed by atoms with Gasteiger partial charge in [0.15, 0.2) is 0 Å². The van der Waals surface area contributed by atoms with Crippen LogP contribution in [-0.2, 0) is 16.0 Å². The van der Waals surface area contributed by atoms with Gasteiger partial charge in [0.1, 0.15) is 5.75 Å². The second-order valence-corrected chi connectivity index (χ2v) is 5.54. The largest absolute Gasteiger partial charge is 0.496 e. The van der Waals surface area contributed by atoms with Gasteiger partial charge in [-0.15, -0.1) is 0 Å². The van der Waals surface area contributed by atoms with Crippen LogP contribution in [0.2, 0.25) is 0 Å². The number of rotatable bonds is 6. The molecule has 0 amide bonds. The maximum atomic E-state index is 9.55. The van der Waals surface area contributed by atoms with Crippen LogP contribution in [0.15, 0.2) is 48.6 Å². The van der Waals surface area contributed by atoms with Gasteiger partial charge >= 0.3 is 11.9 Å². The number of fused-ring (bicyclic) bond motifs is 1. The molecule has 6 nitrogen and oxygen atoms in total. The monoisotopic (exact) mass is 345 g/mol. The zero-order valence-corrected chi connectivity index (χ0v) is 14.6. The minimum atomic E-state index is -1.26. The zero-order chi connectivity index (χ0) is 18.8. The molecule has 0 atom stereocenters. The molecule has 6 heteroatoms. The number of nitrogens with zero attached hydrogens (tertiary/aromatic N) is 1. The van der Waals surface area contributed by atoms with E-state index in [9.17, 15) is 9.59 Å². The number of methoxy groups -OCH3 is 1. The summed E-state index contributed by atoms with van der Waals surface area (Å²) in [6.45, 7) is 1.07. The first-order chi connectivity index (χ1) is 11.8. The predicted octanol–water partition coefficient (Wildman–Crippen LogP) is 2.66. The molecule has 2 aromatic carbocycles. The molecule has 134 valence electrons. The smallest absolute Gasteiger partial charge is 0.328 e. The predicted molar refractivity (Wildman–Crippen MR) is 97.2 cm³/mol. The van der Waals surface area contributed by atoms with Crippen molar-refractivity contribution in [2.45, 2.75) is 6.42 Å². The van der Waals surface area contributed by atoms with Crippen molar-refractivity contribution in [3.63, 3.8) is 0 Å². The molecule has 0 spiro atoms. The quantitative estimate of drug-likeness (QED) is 0.783. The van der Waals surface area contributed by atoms with Gasteiger partial charge < -0.3 is 19.8 Å². The average Bonchev–Trinajstić information content (AvgIpc) is 2.58. The molecule has 2 aromatic rings. The molecule has 25 heavy (non-hydrogen) atoms. The van der Waals surface area contributed by atoms with Gasteiger partial charge in [0, 0.05) is 24.1 Å². The van der Waals surface area contributed by atoms with E-state index in [0.29, 0.717) is 12.2 Å². The van der Waals surface area contributed by atoms with Crippen LogP contribution in [0.25, 0.3) is 10.8 Å². The van der Waals surface area contributed by atoms with Gasteiger partial charge in [-0.2, -0.15) is 0 Å². The van der Waals surface area contributed by atoms with Crippen molar-refractivity contribution in [3.05, 3.63) is 54.1 Å². The van der Waals surface area contributed by atoms with Crippen LogP contribution in [0.4, 0.5) is 0 Å². The molecule has 2 N–H and O–H groups in total. The van der Waals surface area contributed by atoms with E-state index in [1.165, 1.54) is 16.3 Å². The van der Waals surface area contributed by atoms with Gasteiger partial charge in [-0.25, -0.2) is 9.59 Å². The molecule has 0 aliphatic heterocycles. The third kappa shape index (κ3) is 7.05. The van der Waals surface area contributed by atoms with Crippen molar-refractivity contribution in [1.29, 1.82) is 0 Å². The Kier molecular flexibility index (Phi) is 8.15. The normalized spacial score (nSPS) is 10.6. The summed E-state index contributed by atoms with van der Waals surface area (Å²) in [4.78, 5) is 21.3. The summed E-state index contributed by atoms with van der Waals surface area (Å²) in [7, 11) is 5.93. The summed E-state index contributed by atoms with van der Waals surface area (Å²) >= 11 is 0. The van der Waals surface area contributed by atoms with Crippen molar-refractivity contribution < 1.29 is 24.5 Å². The molecule has 0 bridgehead atoms. The van der Waals surface area contributed by atoms with Crippen molar-refractivity contribution in [2.24, 2.45) is 0 Å². The number of hydrogen-bond acceptors (Lipinski definition) is 4. The number of aliphatic carboxylic acids is 2. The molecule has 0 saturated carbocycles. The van der Waals surface area contributed by atoms with Crippen LogP contribution < -0.4 is 4.74 Å². The molecule has 2 rings (SSSR count). The van der Waals surface area contributed by atoms with Gasteiger partial charge in [0.25, 0.3) is 0 Å². The molecule has 0 aliphatic carbocycles. The van der Waals surface area contributed by atoms with Crippen molar-refractivity contribution in [2.75, 3.05) is 27.7 Å². The highest BCUT2D eigenvalue weighted by molar-refractivity contribution is 5.91.